The van der Waals surface area contributed by atoms with Crippen LogP contribution in [0.5, 0.6) is 0 Å². The molecule has 0 spiro atoms. The summed E-state index contributed by atoms with van der Waals surface area (Å²) in [5, 5.41) is 0. The highest BCUT2D eigenvalue weighted by atomic mass is 16.5. The van der Waals surface area contributed by atoms with Crippen LogP contribution in [0.15, 0.2) is 48.5 Å². The molecule has 0 aromatic heterocycles. The van der Waals surface area contributed by atoms with Gasteiger partial charge < -0.3 is 20.3 Å². The van der Waals surface area contributed by atoms with E-state index in [4.69, 9.17) is 10.5 Å². The molecule has 2 aromatic carbocycles. The Balaban J connectivity index is 1.63. The predicted octanol–water partition coefficient (Wildman–Crippen LogP) is 2.69. The van der Waals surface area contributed by atoms with Gasteiger partial charge in [0.1, 0.15) is 0 Å². The molecule has 3 rings (SSSR count). The smallest absolute Gasteiger partial charge is 0.309 e. The van der Waals surface area contributed by atoms with Gasteiger partial charge in [0.05, 0.1) is 19.1 Å². The van der Waals surface area contributed by atoms with Gasteiger partial charge in [-0.3, -0.25) is 14.4 Å². The predicted molar refractivity (Wildman–Crippen MR) is 123 cm³/mol. The van der Waals surface area contributed by atoms with Crippen LogP contribution >= 0.6 is 0 Å². The number of nitrogens with zero attached hydrogens (tertiary/aromatic N) is 2. The number of hydrogen-bond acceptors (Lipinski definition) is 5. The molecule has 7 nitrogen and oxygen atoms in total. The van der Waals surface area contributed by atoms with Crippen LogP contribution in [-0.2, 0) is 20.9 Å². The minimum atomic E-state index is -0.162. The zero-order valence-electron chi connectivity index (χ0n) is 18.8. The van der Waals surface area contributed by atoms with Gasteiger partial charge in [0.2, 0.25) is 5.91 Å². The summed E-state index contributed by atoms with van der Waals surface area (Å²) in [6.07, 6.45) is 1.27. The molecule has 0 radical (unpaired) electrons. The second-order valence-electron chi connectivity index (χ2n) is 8.05. The highest BCUT2D eigenvalue weighted by molar-refractivity contribution is 5.95. The van der Waals surface area contributed by atoms with Crippen molar-refractivity contribution in [2.45, 2.75) is 26.3 Å². The SMILES string of the molecule is CCOC(=O)C1CCN(C(=O)c2ccc(-c3cccc(CN(C)C(=O)CN)c3)cc2)CC1. The maximum atomic E-state index is 12.9. The largest absolute Gasteiger partial charge is 0.466 e. The maximum absolute atomic E-state index is 12.9. The fraction of sp³-hybridized carbons (Fsp3) is 0.400. The zero-order chi connectivity index (χ0) is 23.1. The summed E-state index contributed by atoms with van der Waals surface area (Å²) in [5.74, 6) is -0.406. The van der Waals surface area contributed by atoms with Gasteiger partial charge >= 0.3 is 5.97 Å². The molecule has 0 atom stereocenters. The number of rotatable bonds is 7. The lowest BCUT2D eigenvalue weighted by atomic mass is 9.96. The standard InChI is InChI=1S/C25H31N3O4/c1-3-32-25(31)21-11-13-28(14-12-21)24(30)20-9-7-19(8-10-20)22-6-4-5-18(15-22)17-27(2)23(29)16-26/h4-10,15,21H,3,11-14,16-17,26H2,1-2H3. The number of piperidine rings is 1. The molecule has 1 heterocycles. The topological polar surface area (TPSA) is 92.9 Å². The molecule has 7 heteroatoms. The summed E-state index contributed by atoms with van der Waals surface area (Å²) in [7, 11) is 1.73. The van der Waals surface area contributed by atoms with Crippen LogP contribution in [0.2, 0.25) is 0 Å². The van der Waals surface area contributed by atoms with E-state index in [1.54, 1.807) is 23.8 Å². The molecule has 1 aliphatic heterocycles. The van der Waals surface area contributed by atoms with Crippen molar-refractivity contribution in [1.82, 2.24) is 9.80 Å². The first-order valence-corrected chi connectivity index (χ1v) is 11.0. The van der Waals surface area contributed by atoms with E-state index in [2.05, 4.69) is 0 Å². The van der Waals surface area contributed by atoms with Gasteiger partial charge in [-0.2, -0.15) is 0 Å². The number of amides is 2. The molecule has 170 valence electrons. The van der Waals surface area contributed by atoms with Crippen LogP contribution in [0.1, 0.15) is 35.7 Å². The van der Waals surface area contributed by atoms with Gasteiger partial charge in [-0.1, -0.05) is 30.3 Å². The third-order valence-corrected chi connectivity index (χ3v) is 5.81. The van der Waals surface area contributed by atoms with Crippen molar-refractivity contribution in [3.8, 4) is 11.1 Å². The summed E-state index contributed by atoms with van der Waals surface area (Å²) in [6.45, 7) is 3.78. The normalized spacial score (nSPS) is 14.2. The van der Waals surface area contributed by atoms with Gasteiger partial charge in [-0.25, -0.2) is 0 Å². The van der Waals surface area contributed by atoms with Gasteiger partial charge in [-0.15, -0.1) is 0 Å². The molecular weight excluding hydrogens is 406 g/mol. The van der Waals surface area contributed by atoms with E-state index >= 15 is 0 Å². The van der Waals surface area contributed by atoms with Crippen molar-refractivity contribution >= 4 is 17.8 Å². The summed E-state index contributed by atoms with van der Waals surface area (Å²) in [6, 6.07) is 15.5. The molecule has 1 fully saturated rings. The average Bonchev–Trinajstić information content (AvgIpc) is 2.83. The van der Waals surface area contributed by atoms with E-state index in [-0.39, 0.29) is 30.2 Å². The minimum Gasteiger partial charge on any atom is -0.466 e. The quantitative estimate of drug-likeness (QED) is 0.673. The fourth-order valence-electron chi connectivity index (χ4n) is 3.93. The number of carbonyl (C=O) groups excluding carboxylic acids is 3. The molecule has 1 saturated heterocycles. The number of benzene rings is 2. The van der Waals surface area contributed by atoms with Crippen molar-refractivity contribution < 1.29 is 19.1 Å². The van der Waals surface area contributed by atoms with E-state index in [1.165, 1.54) is 0 Å². The number of likely N-dealkylation sites (N-methyl/N-ethyl adjacent to an activating group) is 1. The molecule has 2 amide bonds. The number of esters is 1. The fourth-order valence-corrected chi connectivity index (χ4v) is 3.93. The second-order valence-corrected chi connectivity index (χ2v) is 8.05. The summed E-state index contributed by atoms with van der Waals surface area (Å²) in [5.41, 5.74) is 9.09. The molecule has 0 aliphatic carbocycles. The molecule has 32 heavy (non-hydrogen) atoms. The molecular formula is C25H31N3O4. The first-order valence-electron chi connectivity index (χ1n) is 11.0. The number of nitrogens with two attached hydrogens (primary N) is 1. The van der Waals surface area contributed by atoms with Crippen molar-refractivity contribution in [3.63, 3.8) is 0 Å². The van der Waals surface area contributed by atoms with Crippen molar-refractivity contribution in [2.75, 3.05) is 33.3 Å². The number of likely N-dealkylation sites (tertiary alicyclic amines) is 1. The summed E-state index contributed by atoms with van der Waals surface area (Å²) >= 11 is 0. The minimum absolute atomic E-state index is 0.00776. The lowest BCUT2D eigenvalue weighted by Crippen LogP contribution is -2.40. The van der Waals surface area contributed by atoms with Gasteiger partial charge in [0.25, 0.3) is 5.91 Å². The Hall–Kier alpha value is -3.19. The van der Waals surface area contributed by atoms with Crippen LogP contribution in [0, 0.1) is 5.92 Å². The van der Waals surface area contributed by atoms with E-state index in [0.717, 1.165) is 16.7 Å². The highest BCUT2D eigenvalue weighted by Crippen LogP contribution is 2.24. The van der Waals surface area contributed by atoms with Crippen LogP contribution in [0.25, 0.3) is 11.1 Å². The van der Waals surface area contributed by atoms with Crippen LogP contribution in [-0.4, -0.2) is 60.9 Å². The monoisotopic (exact) mass is 437 g/mol. The Kier molecular flexibility index (Phi) is 8.00. The number of hydrogen-bond donors (Lipinski definition) is 1. The van der Waals surface area contributed by atoms with Crippen molar-refractivity contribution in [3.05, 3.63) is 59.7 Å². The maximum Gasteiger partial charge on any atom is 0.309 e. The van der Waals surface area contributed by atoms with Crippen molar-refractivity contribution in [1.29, 1.82) is 0 Å². The van der Waals surface area contributed by atoms with E-state index in [9.17, 15) is 14.4 Å². The lowest BCUT2D eigenvalue weighted by molar-refractivity contribution is -0.149. The molecule has 0 bridgehead atoms. The van der Waals surface area contributed by atoms with E-state index in [1.807, 2.05) is 48.5 Å². The van der Waals surface area contributed by atoms with Crippen LogP contribution in [0.4, 0.5) is 0 Å². The Morgan fingerprint density at radius 2 is 1.75 bits per heavy atom. The third kappa shape index (κ3) is 5.73. The lowest BCUT2D eigenvalue weighted by Gasteiger charge is -2.31. The zero-order valence-corrected chi connectivity index (χ0v) is 18.8. The Morgan fingerprint density at radius 3 is 2.38 bits per heavy atom. The second kappa shape index (κ2) is 10.9. The van der Waals surface area contributed by atoms with Gasteiger partial charge in [0, 0.05) is 32.2 Å². The third-order valence-electron chi connectivity index (χ3n) is 5.81. The molecule has 2 aromatic rings. The van der Waals surface area contributed by atoms with Gasteiger partial charge in [0.15, 0.2) is 0 Å². The van der Waals surface area contributed by atoms with Crippen LogP contribution in [0.3, 0.4) is 0 Å². The van der Waals surface area contributed by atoms with Gasteiger partial charge in [-0.05, 0) is 54.7 Å². The van der Waals surface area contributed by atoms with E-state index < -0.39 is 0 Å². The first-order chi connectivity index (χ1) is 15.4. The van der Waals surface area contributed by atoms with Crippen molar-refractivity contribution in [2.24, 2.45) is 11.7 Å². The molecule has 0 unspecified atom stereocenters. The Bertz CT molecular complexity index is 950. The summed E-state index contributed by atoms with van der Waals surface area (Å²) < 4.78 is 5.10. The van der Waals surface area contributed by atoms with E-state index in [0.29, 0.717) is 44.6 Å². The molecule has 2 N–H and O–H groups in total. The Labute approximate surface area is 189 Å². The molecule has 0 saturated carbocycles. The Morgan fingerprint density at radius 1 is 1.06 bits per heavy atom. The average molecular weight is 438 g/mol. The number of carbonyl (C=O) groups is 3. The van der Waals surface area contributed by atoms with Crippen LogP contribution < -0.4 is 5.73 Å². The highest BCUT2D eigenvalue weighted by Gasteiger charge is 2.28. The summed E-state index contributed by atoms with van der Waals surface area (Å²) in [4.78, 5) is 39.9. The first kappa shape index (κ1) is 23.5. The number of ether oxygens (including phenoxy) is 1. The molecule has 1 aliphatic rings.